The third-order valence-electron chi connectivity index (χ3n) is 4.85. The summed E-state index contributed by atoms with van der Waals surface area (Å²) in [6, 6.07) is 14.1. The monoisotopic (exact) mass is 334 g/mol. The molecular formula is C20H22N4O. The molecule has 0 unspecified atom stereocenters. The van der Waals surface area contributed by atoms with Gasteiger partial charge in [0.2, 0.25) is 0 Å². The summed E-state index contributed by atoms with van der Waals surface area (Å²) in [5.74, 6) is 1.44. The average molecular weight is 334 g/mol. The maximum Gasteiger partial charge on any atom is 0.270 e. The molecule has 5 nitrogen and oxygen atoms in total. The number of aromatic amines is 1. The number of H-pyrrole nitrogens is 1. The Morgan fingerprint density at radius 3 is 2.88 bits per heavy atom. The van der Waals surface area contributed by atoms with Gasteiger partial charge in [0.25, 0.3) is 5.91 Å². The summed E-state index contributed by atoms with van der Waals surface area (Å²) in [7, 11) is 0. The summed E-state index contributed by atoms with van der Waals surface area (Å²) in [6.45, 7) is 2.36. The van der Waals surface area contributed by atoms with Gasteiger partial charge < -0.3 is 14.5 Å². The second-order valence-corrected chi connectivity index (χ2v) is 6.57. The first-order valence-corrected chi connectivity index (χ1v) is 8.79. The van der Waals surface area contributed by atoms with Crippen LogP contribution < -0.4 is 0 Å². The molecule has 1 aromatic carbocycles. The molecule has 1 fully saturated rings. The second-order valence-electron chi connectivity index (χ2n) is 6.57. The van der Waals surface area contributed by atoms with Crippen molar-refractivity contribution in [3.8, 4) is 0 Å². The molecule has 0 aliphatic carbocycles. The van der Waals surface area contributed by atoms with Crippen molar-refractivity contribution in [2.24, 2.45) is 0 Å². The lowest BCUT2D eigenvalue weighted by atomic mass is 9.96. The summed E-state index contributed by atoms with van der Waals surface area (Å²) in [5, 5.41) is 0. The van der Waals surface area contributed by atoms with Crippen molar-refractivity contribution in [2.75, 3.05) is 13.1 Å². The number of nitrogens with one attached hydrogen (secondary N) is 1. The van der Waals surface area contributed by atoms with Crippen molar-refractivity contribution < 1.29 is 4.79 Å². The van der Waals surface area contributed by atoms with Crippen LogP contribution in [0, 0.1) is 0 Å². The molecule has 0 radical (unpaired) electrons. The number of rotatable bonds is 4. The first kappa shape index (κ1) is 15.7. The number of hydrogen-bond acceptors (Lipinski definition) is 2. The predicted molar refractivity (Wildman–Crippen MR) is 96.4 cm³/mol. The van der Waals surface area contributed by atoms with Crippen LogP contribution in [0.25, 0.3) is 0 Å². The molecule has 2 aromatic heterocycles. The van der Waals surface area contributed by atoms with Gasteiger partial charge >= 0.3 is 0 Å². The lowest BCUT2D eigenvalue weighted by Crippen LogP contribution is -2.40. The number of likely N-dealkylation sites (tertiary alicyclic amines) is 1. The van der Waals surface area contributed by atoms with Crippen LogP contribution in [0.4, 0.5) is 0 Å². The van der Waals surface area contributed by atoms with E-state index < -0.39 is 0 Å². The number of amides is 1. The minimum Gasteiger partial charge on any atom is -0.357 e. The van der Waals surface area contributed by atoms with Crippen molar-refractivity contribution in [2.45, 2.75) is 25.3 Å². The van der Waals surface area contributed by atoms with Crippen LogP contribution in [0.5, 0.6) is 0 Å². The molecular weight excluding hydrogens is 312 g/mol. The minimum absolute atomic E-state index is 0.0795. The zero-order valence-electron chi connectivity index (χ0n) is 14.1. The highest BCUT2D eigenvalue weighted by Gasteiger charge is 2.28. The first-order valence-electron chi connectivity index (χ1n) is 8.79. The molecule has 5 heteroatoms. The van der Waals surface area contributed by atoms with Crippen molar-refractivity contribution in [1.29, 1.82) is 0 Å². The van der Waals surface area contributed by atoms with Gasteiger partial charge in [-0.05, 0) is 30.5 Å². The fraction of sp³-hybridized carbons (Fsp3) is 0.300. The van der Waals surface area contributed by atoms with E-state index in [-0.39, 0.29) is 11.8 Å². The number of carbonyl (C=O) groups is 1. The molecule has 3 heterocycles. The smallest absolute Gasteiger partial charge is 0.270 e. The molecule has 1 saturated heterocycles. The summed E-state index contributed by atoms with van der Waals surface area (Å²) in [6.07, 6.45) is 7.77. The van der Waals surface area contributed by atoms with Gasteiger partial charge in [0, 0.05) is 44.1 Å². The highest BCUT2D eigenvalue weighted by Crippen LogP contribution is 2.27. The maximum atomic E-state index is 12.6. The van der Waals surface area contributed by atoms with Gasteiger partial charge in [0.1, 0.15) is 11.5 Å². The average Bonchev–Trinajstić information content (AvgIpc) is 3.34. The normalized spacial score (nSPS) is 17.6. The Labute approximate surface area is 147 Å². The van der Waals surface area contributed by atoms with E-state index in [0.717, 1.165) is 38.3 Å². The lowest BCUT2D eigenvalue weighted by molar-refractivity contribution is 0.0698. The summed E-state index contributed by atoms with van der Waals surface area (Å²) in [5.41, 5.74) is 1.92. The summed E-state index contributed by atoms with van der Waals surface area (Å²) >= 11 is 0. The molecule has 1 atom stereocenters. The minimum atomic E-state index is 0.0795. The van der Waals surface area contributed by atoms with E-state index in [1.165, 1.54) is 5.56 Å². The van der Waals surface area contributed by atoms with Crippen LogP contribution in [0.2, 0.25) is 0 Å². The molecule has 1 aliphatic rings. The SMILES string of the molecule is O=C(c1ccc[nH]1)N1CCC[C@@H](c2nccn2Cc2ccccc2)C1. The van der Waals surface area contributed by atoms with Gasteiger partial charge in [0.15, 0.2) is 0 Å². The number of aromatic nitrogens is 3. The Morgan fingerprint density at radius 1 is 1.20 bits per heavy atom. The van der Waals surface area contributed by atoms with E-state index in [9.17, 15) is 4.79 Å². The van der Waals surface area contributed by atoms with E-state index in [4.69, 9.17) is 0 Å². The Kier molecular flexibility index (Phi) is 4.37. The first-order chi connectivity index (χ1) is 12.3. The van der Waals surface area contributed by atoms with Gasteiger partial charge in [0.05, 0.1) is 0 Å². The lowest BCUT2D eigenvalue weighted by Gasteiger charge is -2.32. The largest absolute Gasteiger partial charge is 0.357 e. The molecule has 0 saturated carbocycles. The number of carbonyl (C=O) groups excluding carboxylic acids is 1. The molecule has 0 spiro atoms. The number of hydrogen-bond donors (Lipinski definition) is 1. The third kappa shape index (κ3) is 3.36. The van der Waals surface area contributed by atoms with Gasteiger partial charge in [-0.1, -0.05) is 30.3 Å². The van der Waals surface area contributed by atoms with Crippen LogP contribution >= 0.6 is 0 Å². The van der Waals surface area contributed by atoms with E-state index >= 15 is 0 Å². The summed E-state index contributed by atoms with van der Waals surface area (Å²) < 4.78 is 2.21. The fourth-order valence-corrected chi connectivity index (χ4v) is 3.60. The number of nitrogens with zero attached hydrogens (tertiary/aromatic N) is 3. The molecule has 3 aromatic rings. The van der Waals surface area contributed by atoms with Crippen LogP contribution in [0.15, 0.2) is 61.1 Å². The molecule has 128 valence electrons. The van der Waals surface area contributed by atoms with E-state index in [0.29, 0.717) is 5.69 Å². The van der Waals surface area contributed by atoms with Crippen LogP contribution in [-0.4, -0.2) is 38.4 Å². The highest BCUT2D eigenvalue weighted by atomic mass is 16.2. The zero-order valence-corrected chi connectivity index (χ0v) is 14.1. The molecule has 25 heavy (non-hydrogen) atoms. The Bertz CT molecular complexity index is 823. The van der Waals surface area contributed by atoms with Crippen LogP contribution in [-0.2, 0) is 6.54 Å². The Hall–Kier alpha value is -2.82. The Morgan fingerprint density at radius 2 is 2.08 bits per heavy atom. The second kappa shape index (κ2) is 6.97. The zero-order chi connectivity index (χ0) is 17.1. The van der Waals surface area contributed by atoms with Crippen LogP contribution in [0.3, 0.4) is 0 Å². The molecule has 1 N–H and O–H groups in total. The molecule has 4 rings (SSSR count). The fourth-order valence-electron chi connectivity index (χ4n) is 3.60. The maximum absolute atomic E-state index is 12.6. The predicted octanol–water partition coefficient (Wildman–Crippen LogP) is 3.28. The van der Waals surface area contributed by atoms with E-state index in [1.54, 1.807) is 6.20 Å². The highest BCUT2D eigenvalue weighted by molar-refractivity contribution is 5.92. The van der Waals surface area contributed by atoms with E-state index in [2.05, 4.69) is 38.8 Å². The molecule has 1 aliphatic heterocycles. The van der Waals surface area contributed by atoms with Crippen LogP contribution in [0.1, 0.15) is 40.6 Å². The topological polar surface area (TPSA) is 53.9 Å². The van der Waals surface area contributed by atoms with Crippen molar-refractivity contribution in [3.63, 3.8) is 0 Å². The van der Waals surface area contributed by atoms with Crippen molar-refractivity contribution in [1.82, 2.24) is 19.4 Å². The van der Waals surface area contributed by atoms with E-state index in [1.807, 2.05) is 35.5 Å². The van der Waals surface area contributed by atoms with Gasteiger partial charge in [-0.25, -0.2) is 4.98 Å². The standard InChI is InChI=1S/C20H22N4O/c25-20(18-9-4-10-21-18)24-12-5-8-17(15-24)19-22-11-13-23(19)14-16-6-2-1-3-7-16/h1-4,6-7,9-11,13,17,21H,5,8,12,14-15H2/t17-/m1/s1. The molecule has 1 amide bonds. The number of benzene rings is 1. The summed E-state index contributed by atoms with van der Waals surface area (Å²) in [4.78, 5) is 22.2. The van der Waals surface area contributed by atoms with Crippen molar-refractivity contribution >= 4 is 5.91 Å². The van der Waals surface area contributed by atoms with Crippen molar-refractivity contribution in [3.05, 3.63) is 78.1 Å². The van der Waals surface area contributed by atoms with Gasteiger partial charge in [-0.3, -0.25) is 4.79 Å². The Balaban J connectivity index is 1.50. The number of piperidine rings is 1. The number of imidazole rings is 1. The van der Waals surface area contributed by atoms with Gasteiger partial charge in [-0.15, -0.1) is 0 Å². The third-order valence-corrected chi connectivity index (χ3v) is 4.85. The molecule has 0 bridgehead atoms. The quantitative estimate of drug-likeness (QED) is 0.796. The van der Waals surface area contributed by atoms with Gasteiger partial charge in [-0.2, -0.15) is 0 Å².